The minimum Gasteiger partial charge on any atom is -0.506 e. The maximum Gasteiger partial charge on any atom is 0.552 e. The number of carbonyl (C=O) groups excluding carboxylic acids is 3. The van der Waals surface area contributed by atoms with Crippen molar-refractivity contribution in [2.24, 2.45) is 5.92 Å². The van der Waals surface area contributed by atoms with Gasteiger partial charge in [0, 0.05) is 5.02 Å². The predicted octanol–water partition coefficient (Wildman–Crippen LogP) is 1.03. The normalized spacial score (nSPS) is 15.6. The van der Waals surface area contributed by atoms with Crippen LogP contribution in [0.3, 0.4) is 0 Å². The van der Waals surface area contributed by atoms with Crippen LogP contribution in [-0.2, 0) is 28.5 Å². The smallest absolute Gasteiger partial charge is 0.506 e. The molecule has 0 aliphatic carbocycles. The Kier molecular flexibility index (Phi) is 8.99. The minimum atomic E-state index is -2.25. The third-order valence-electron chi connectivity index (χ3n) is 4.79. The van der Waals surface area contributed by atoms with Crippen LogP contribution < -0.4 is 10.6 Å². The highest BCUT2D eigenvalue weighted by atomic mass is 35.5. The van der Waals surface area contributed by atoms with Gasteiger partial charge in [0.15, 0.2) is 5.60 Å². The third-order valence-corrected chi connectivity index (χ3v) is 5.03. The number of benzene rings is 1. The second kappa shape index (κ2) is 11.3. The molecule has 0 aromatic heterocycles. The Bertz CT molecular complexity index is 975. The van der Waals surface area contributed by atoms with Gasteiger partial charge in [0.25, 0.3) is 5.91 Å². The Hall–Kier alpha value is -3.19. The average molecular weight is 501 g/mol. The van der Waals surface area contributed by atoms with Crippen LogP contribution in [0.2, 0.25) is 5.02 Å². The average Bonchev–Trinajstić information content (AvgIpc) is 3.01. The minimum absolute atomic E-state index is 0.0586. The van der Waals surface area contributed by atoms with E-state index in [4.69, 9.17) is 31.1 Å². The summed E-state index contributed by atoms with van der Waals surface area (Å²) in [5, 5.41) is 23.1. The Morgan fingerprint density at radius 3 is 2.35 bits per heavy atom. The highest BCUT2D eigenvalue weighted by molar-refractivity contribution is 6.51. The molecule has 0 spiro atoms. The van der Waals surface area contributed by atoms with Gasteiger partial charge in [-0.2, -0.15) is 0 Å². The van der Waals surface area contributed by atoms with Gasteiger partial charge in [0.2, 0.25) is 5.91 Å². The number of carboxylic acids is 2. The van der Waals surface area contributed by atoms with Crippen molar-refractivity contribution < 1.29 is 47.9 Å². The molecule has 14 heteroatoms. The first-order valence-electron chi connectivity index (χ1n) is 10.2. The van der Waals surface area contributed by atoms with Crippen LogP contribution in [0, 0.1) is 11.7 Å². The van der Waals surface area contributed by atoms with Gasteiger partial charge >= 0.3 is 25.0 Å². The molecule has 4 N–H and O–H groups in total. The summed E-state index contributed by atoms with van der Waals surface area (Å²) in [5.41, 5.74) is -2.61. The Balaban J connectivity index is 2.10. The van der Waals surface area contributed by atoms with Gasteiger partial charge in [-0.15, -0.1) is 0 Å². The Morgan fingerprint density at radius 1 is 1.18 bits per heavy atom. The van der Waals surface area contributed by atoms with Gasteiger partial charge in [0.1, 0.15) is 5.82 Å². The number of aliphatic carboxylic acids is 2. The number of hydrogen-bond donors (Lipinski definition) is 4. The molecule has 34 heavy (non-hydrogen) atoms. The van der Waals surface area contributed by atoms with Crippen molar-refractivity contribution in [1.82, 2.24) is 10.6 Å². The van der Waals surface area contributed by atoms with E-state index >= 15 is 0 Å². The van der Waals surface area contributed by atoms with E-state index in [2.05, 4.69) is 10.6 Å². The van der Waals surface area contributed by atoms with Gasteiger partial charge < -0.3 is 30.2 Å². The molecule has 11 nitrogen and oxygen atoms in total. The number of rotatable bonds is 11. The van der Waals surface area contributed by atoms with Crippen molar-refractivity contribution in [3.05, 3.63) is 34.6 Å². The largest absolute Gasteiger partial charge is 0.552 e. The van der Waals surface area contributed by atoms with E-state index in [9.17, 15) is 28.4 Å². The van der Waals surface area contributed by atoms with Gasteiger partial charge in [-0.05, 0) is 30.5 Å². The van der Waals surface area contributed by atoms with E-state index in [1.165, 1.54) is 6.07 Å². The summed E-state index contributed by atoms with van der Waals surface area (Å²) < 4.78 is 24.4. The topological polar surface area (TPSA) is 168 Å². The Morgan fingerprint density at radius 2 is 1.79 bits per heavy atom. The number of amides is 2. The second-order valence-electron chi connectivity index (χ2n) is 8.14. The fourth-order valence-corrected chi connectivity index (χ4v) is 3.55. The fraction of sp³-hybridized carbons (Fsp3) is 0.450. The van der Waals surface area contributed by atoms with Crippen LogP contribution in [0.15, 0.2) is 18.2 Å². The lowest BCUT2D eigenvalue weighted by molar-refractivity contribution is -0.157. The summed E-state index contributed by atoms with van der Waals surface area (Å²) in [5.74, 6) is -7.62. The van der Waals surface area contributed by atoms with E-state index in [0.717, 1.165) is 12.1 Å². The molecule has 1 aromatic rings. The zero-order valence-corrected chi connectivity index (χ0v) is 19.1. The Labute approximate surface area is 199 Å². The van der Waals surface area contributed by atoms with Crippen LogP contribution >= 0.6 is 11.6 Å². The molecule has 2 rings (SSSR count). The van der Waals surface area contributed by atoms with E-state index in [1.807, 2.05) is 0 Å². The van der Waals surface area contributed by atoms with E-state index < -0.39 is 73.6 Å². The monoisotopic (exact) mass is 500 g/mol. The van der Waals surface area contributed by atoms with Crippen molar-refractivity contribution >= 4 is 48.4 Å². The third kappa shape index (κ3) is 7.16. The number of nitrogens with one attached hydrogen (secondary N) is 2. The summed E-state index contributed by atoms with van der Waals surface area (Å²) in [4.78, 5) is 59.4. The summed E-state index contributed by atoms with van der Waals surface area (Å²) >= 11 is 5.76. The van der Waals surface area contributed by atoms with Crippen molar-refractivity contribution in [2.75, 3.05) is 6.54 Å². The van der Waals surface area contributed by atoms with Crippen LogP contribution in [0.5, 0.6) is 0 Å². The van der Waals surface area contributed by atoms with Crippen LogP contribution in [0.25, 0.3) is 0 Å². The molecule has 1 aromatic carbocycles. The van der Waals surface area contributed by atoms with Gasteiger partial charge in [-0.25, -0.2) is 4.39 Å². The molecular formula is C20H23BClFN2O9. The molecule has 0 radical (unpaired) electrons. The molecule has 1 fully saturated rings. The number of carboxylic acid groups (broad SMARTS) is 2. The van der Waals surface area contributed by atoms with Crippen molar-refractivity contribution in [3.8, 4) is 0 Å². The molecule has 1 aliphatic rings. The molecule has 1 heterocycles. The van der Waals surface area contributed by atoms with E-state index in [1.54, 1.807) is 13.8 Å². The van der Waals surface area contributed by atoms with Gasteiger partial charge in [-0.1, -0.05) is 25.4 Å². The number of halogens is 2. The summed E-state index contributed by atoms with van der Waals surface area (Å²) in [6.07, 6.45) is -1.69. The maximum absolute atomic E-state index is 13.8. The predicted molar refractivity (Wildman–Crippen MR) is 115 cm³/mol. The lowest BCUT2D eigenvalue weighted by atomic mass is 9.74. The summed E-state index contributed by atoms with van der Waals surface area (Å²) in [6.45, 7) is 3.01. The molecular weight excluding hydrogens is 477 g/mol. The van der Waals surface area contributed by atoms with Crippen LogP contribution in [0.4, 0.5) is 4.39 Å². The zero-order valence-electron chi connectivity index (χ0n) is 18.3. The lowest BCUT2D eigenvalue weighted by Gasteiger charge is -2.24. The molecule has 0 unspecified atom stereocenters. The highest BCUT2D eigenvalue weighted by Crippen LogP contribution is 2.32. The van der Waals surface area contributed by atoms with Crippen LogP contribution in [-0.4, -0.2) is 65.1 Å². The molecule has 2 amide bonds. The van der Waals surface area contributed by atoms with Crippen molar-refractivity contribution in [3.63, 3.8) is 0 Å². The first-order chi connectivity index (χ1) is 15.8. The number of carbonyl (C=O) groups is 5. The van der Waals surface area contributed by atoms with E-state index in [0.29, 0.717) is 0 Å². The quantitative estimate of drug-likeness (QED) is 0.324. The van der Waals surface area contributed by atoms with Gasteiger partial charge in [0.05, 0.1) is 30.9 Å². The molecule has 1 atom stereocenters. The highest BCUT2D eigenvalue weighted by Gasteiger charge is 2.57. The molecule has 1 saturated heterocycles. The fourth-order valence-electron chi connectivity index (χ4n) is 3.38. The SMILES string of the molecule is CC(C)C[C@H](NC(=O)CNC(=O)c1cc(Cl)ccc1F)B1OC(=O)C(CC(=O)O)(CC(=O)O)O1. The van der Waals surface area contributed by atoms with Crippen molar-refractivity contribution in [1.29, 1.82) is 0 Å². The second-order valence-corrected chi connectivity index (χ2v) is 8.57. The maximum atomic E-state index is 13.8. The standard InChI is InChI=1S/C20H23BClFN2O9/c1-10(2)5-14(21-33-19(32)20(34-21,7-16(27)28)8-17(29)30)25-15(26)9-24-18(31)12-6-11(22)3-4-13(12)23/h3-4,6,10,14H,5,7-9H2,1-2H3,(H,24,31)(H,25,26)(H,27,28)(H,29,30)/t14-/m0/s1. The van der Waals surface area contributed by atoms with Crippen LogP contribution in [0.1, 0.15) is 43.5 Å². The lowest BCUT2D eigenvalue weighted by Crippen LogP contribution is -2.51. The molecule has 0 bridgehead atoms. The van der Waals surface area contributed by atoms with E-state index in [-0.39, 0.29) is 22.9 Å². The first kappa shape index (κ1) is 27.1. The van der Waals surface area contributed by atoms with Crippen molar-refractivity contribution in [2.45, 2.75) is 44.7 Å². The molecule has 1 aliphatic heterocycles. The van der Waals surface area contributed by atoms with Gasteiger partial charge in [-0.3, -0.25) is 24.0 Å². The molecule has 184 valence electrons. The summed E-state index contributed by atoms with van der Waals surface area (Å²) in [7, 11) is -1.46. The summed E-state index contributed by atoms with van der Waals surface area (Å²) in [6, 6.07) is 3.36. The zero-order chi connectivity index (χ0) is 25.6. The molecule has 0 saturated carbocycles. The number of hydrogen-bond acceptors (Lipinski definition) is 7. The first-order valence-corrected chi connectivity index (χ1v) is 10.6.